The molecule has 0 aliphatic carbocycles. The second-order valence-corrected chi connectivity index (χ2v) is 20.0. The Kier molecular flexibility index (Phi) is 45.3. The van der Waals surface area contributed by atoms with Crippen LogP contribution in [-0.2, 0) is 32.7 Å². The summed E-state index contributed by atoms with van der Waals surface area (Å²) in [4.78, 5) is 35.6. The Morgan fingerprint density at radius 1 is 0.485 bits per heavy atom. The second-order valence-electron chi connectivity index (χ2n) is 18.5. The first kappa shape index (κ1) is 63.2. The number of unbranched alkanes of at least 4 members (excludes halogenated alkanes) is 19. The van der Waals surface area contributed by atoms with Gasteiger partial charge in [-0.05, 0) is 89.9 Å². The van der Waals surface area contributed by atoms with Gasteiger partial charge in [-0.2, -0.15) is 0 Å². The Hall–Kier alpha value is -2.81. The van der Waals surface area contributed by atoms with Crippen LogP contribution in [0.4, 0.5) is 0 Å². The molecule has 66 heavy (non-hydrogen) atoms. The van der Waals surface area contributed by atoms with E-state index in [1.165, 1.54) is 64.2 Å². The lowest BCUT2D eigenvalue weighted by Crippen LogP contribution is -2.37. The van der Waals surface area contributed by atoms with Crippen LogP contribution in [0.1, 0.15) is 206 Å². The first-order chi connectivity index (χ1) is 32.0. The fraction of sp³-hybridized carbons (Fsp3) is 0.714. The molecule has 0 spiro atoms. The molecule has 380 valence electrons. The van der Waals surface area contributed by atoms with Gasteiger partial charge in [0.25, 0.3) is 0 Å². The Labute approximate surface area is 405 Å². The Bertz CT molecular complexity index is 1390. The highest BCUT2D eigenvalue weighted by Gasteiger charge is 2.27. The maximum atomic E-state index is 12.8. The molecule has 0 amide bonds. The zero-order valence-corrected chi connectivity index (χ0v) is 43.8. The first-order valence-electron chi connectivity index (χ1n) is 26.3. The molecule has 0 aliphatic rings. The third-order valence-corrected chi connectivity index (χ3v) is 11.9. The van der Waals surface area contributed by atoms with E-state index >= 15 is 0 Å². The molecule has 2 unspecified atom stereocenters. The third-order valence-electron chi connectivity index (χ3n) is 10.9. The number of phosphoric ester groups is 1. The van der Waals surface area contributed by atoms with Crippen LogP contribution in [0.5, 0.6) is 0 Å². The lowest BCUT2D eigenvalue weighted by atomic mass is 10.1. The fourth-order valence-corrected chi connectivity index (χ4v) is 7.58. The second kappa shape index (κ2) is 47.3. The van der Waals surface area contributed by atoms with Gasteiger partial charge < -0.3 is 18.9 Å². The fourth-order valence-electron chi connectivity index (χ4n) is 6.84. The van der Waals surface area contributed by atoms with Gasteiger partial charge in [-0.1, -0.05) is 189 Å². The van der Waals surface area contributed by atoms with Crippen molar-refractivity contribution in [1.29, 1.82) is 0 Å². The van der Waals surface area contributed by atoms with Crippen LogP contribution >= 0.6 is 7.82 Å². The molecule has 0 rings (SSSR count). The number of likely N-dealkylation sites (N-methyl/N-ethyl adjacent to an activating group) is 1. The van der Waals surface area contributed by atoms with Crippen LogP contribution in [0.2, 0.25) is 0 Å². The van der Waals surface area contributed by atoms with Gasteiger partial charge in [0.05, 0.1) is 27.7 Å². The largest absolute Gasteiger partial charge is 0.472 e. The quantitative estimate of drug-likeness (QED) is 0.0211. The summed E-state index contributed by atoms with van der Waals surface area (Å²) in [6, 6.07) is 0. The molecule has 0 heterocycles. The minimum Gasteiger partial charge on any atom is -0.462 e. The highest BCUT2D eigenvalue weighted by molar-refractivity contribution is 7.47. The number of phosphoric acid groups is 1. The predicted molar refractivity (Wildman–Crippen MR) is 279 cm³/mol. The molecule has 0 aromatic rings. The summed E-state index contributed by atoms with van der Waals surface area (Å²) in [5.74, 6) is -0.826. The summed E-state index contributed by atoms with van der Waals surface area (Å²) in [5.41, 5.74) is 0. The van der Waals surface area contributed by atoms with Crippen molar-refractivity contribution in [2.45, 2.75) is 213 Å². The van der Waals surface area contributed by atoms with Gasteiger partial charge in [-0.25, -0.2) is 4.57 Å². The maximum Gasteiger partial charge on any atom is 0.472 e. The summed E-state index contributed by atoms with van der Waals surface area (Å²) < 4.78 is 34.5. The number of ether oxygens (including phenoxy) is 2. The minimum atomic E-state index is -4.39. The topological polar surface area (TPSA) is 108 Å². The van der Waals surface area contributed by atoms with Crippen molar-refractivity contribution in [3.63, 3.8) is 0 Å². The normalized spacial score (nSPS) is 14.1. The monoisotopic (exact) mass is 945 g/mol. The number of carbonyl (C=O) groups excluding carboxylic acids is 2. The van der Waals surface area contributed by atoms with E-state index in [2.05, 4.69) is 98.9 Å². The van der Waals surface area contributed by atoms with E-state index in [-0.39, 0.29) is 32.0 Å². The number of rotatable bonds is 47. The van der Waals surface area contributed by atoms with Crippen molar-refractivity contribution in [3.8, 4) is 0 Å². The Morgan fingerprint density at radius 2 is 0.864 bits per heavy atom. The highest BCUT2D eigenvalue weighted by atomic mass is 31.2. The van der Waals surface area contributed by atoms with Crippen LogP contribution in [0.25, 0.3) is 0 Å². The molecule has 0 fully saturated rings. The number of carbonyl (C=O) groups is 2. The van der Waals surface area contributed by atoms with E-state index in [1.54, 1.807) is 0 Å². The van der Waals surface area contributed by atoms with Gasteiger partial charge in [0.15, 0.2) is 6.10 Å². The molecule has 9 nitrogen and oxygen atoms in total. The number of esters is 2. The van der Waals surface area contributed by atoms with E-state index in [1.807, 2.05) is 21.1 Å². The standard InChI is InChI=1S/C56H98NO8P/c1-6-8-10-12-14-16-18-20-22-24-26-27-28-29-31-32-34-36-38-40-42-44-46-48-55(58)62-52-54(53-64-66(60,61)63-51-50-57(3,4)5)65-56(59)49-47-45-43-41-39-37-35-33-30-25-23-21-19-17-15-13-11-9-7-2/h9,11,15,17-18,20-21,23-24,26,28-30,33,54H,6-8,10,12-14,16,19,22,25,27,31-32,34-53H2,1-5H3/p+1/b11-9-,17-15-,20-18-,23-21-,26-24-,29-28-,33-30-. The molecular formula is C56H99NO8P+. The van der Waals surface area contributed by atoms with Crippen molar-refractivity contribution in [1.82, 2.24) is 0 Å². The van der Waals surface area contributed by atoms with Crippen LogP contribution in [-0.4, -0.2) is 74.9 Å². The molecule has 10 heteroatoms. The first-order valence-corrected chi connectivity index (χ1v) is 27.8. The van der Waals surface area contributed by atoms with Crippen molar-refractivity contribution in [2.24, 2.45) is 0 Å². The third kappa shape index (κ3) is 50.6. The molecule has 0 saturated carbocycles. The van der Waals surface area contributed by atoms with E-state index in [0.29, 0.717) is 17.4 Å². The van der Waals surface area contributed by atoms with Gasteiger partial charge in [-0.15, -0.1) is 0 Å². The van der Waals surface area contributed by atoms with Crippen LogP contribution in [0.15, 0.2) is 85.1 Å². The molecule has 0 bridgehead atoms. The van der Waals surface area contributed by atoms with E-state index < -0.39 is 26.5 Å². The molecule has 1 N–H and O–H groups in total. The lowest BCUT2D eigenvalue weighted by Gasteiger charge is -2.24. The Balaban J connectivity index is 4.29. The number of allylic oxidation sites excluding steroid dienone is 14. The number of hydrogen-bond donors (Lipinski definition) is 1. The van der Waals surface area contributed by atoms with Crippen molar-refractivity contribution >= 4 is 19.8 Å². The SMILES string of the molecule is CC/C=C\C/C=C\C/C=C\C/C=C\CCCCCCCCC(=O)OC(COC(=O)CCCCCCCCCC/C=C\C/C=C\C/C=C\CCCCCCC)COP(=O)(O)OCC[N+](C)(C)C. The summed E-state index contributed by atoms with van der Waals surface area (Å²) in [5, 5.41) is 0. The van der Waals surface area contributed by atoms with Gasteiger partial charge in [0.2, 0.25) is 0 Å². The van der Waals surface area contributed by atoms with Crippen LogP contribution in [0, 0.1) is 0 Å². The molecule has 0 radical (unpaired) electrons. The number of nitrogens with zero attached hydrogens (tertiary/aromatic N) is 1. The van der Waals surface area contributed by atoms with E-state index in [0.717, 1.165) is 109 Å². The highest BCUT2D eigenvalue weighted by Crippen LogP contribution is 2.43. The van der Waals surface area contributed by atoms with Gasteiger partial charge in [0, 0.05) is 12.8 Å². The smallest absolute Gasteiger partial charge is 0.462 e. The average Bonchev–Trinajstić information content (AvgIpc) is 3.27. The minimum absolute atomic E-state index is 0.0229. The number of quaternary nitrogens is 1. The summed E-state index contributed by atoms with van der Waals surface area (Å²) in [7, 11) is 1.45. The Morgan fingerprint density at radius 3 is 1.29 bits per heavy atom. The lowest BCUT2D eigenvalue weighted by molar-refractivity contribution is -0.870. The number of hydrogen-bond acceptors (Lipinski definition) is 7. The maximum absolute atomic E-state index is 12.8. The predicted octanol–water partition coefficient (Wildman–Crippen LogP) is 15.9. The zero-order chi connectivity index (χ0) is 48.5. The molecule has 0 aliphatic heterocycles. The molecule has 2 atom stereocenters. The van der Waals surface area contributed by atoms with Crippen molar-refractivity contribution in [3.05, 3.63) is 85.1 Å². The molecule has 0 aromatic carbocycles. The van der Waals surface area contributed by atoms with Gasteiger partial charge >= 0.3 is 19.8 Å². The molecule has 0 aromatic heterocycles. The molecule has 0 saturated heterocycles. The summed E-state index contributed by atoms with van der Waals surface area (Å²) >= 11 is 0. The van der Waals surface area contributed by atoms with Crippen molar-refractivity contribution in [2.75, 3.05) is 47.5 Å². The van der Waals surface area contributed by atoms with Crippen molar-refractivity contribution < 1.29 is 42.1 Å². The van der Waals surface area contributed by atoms with E-state index in [9.17, 15) is 19.0 Å². The van der Waals surface area contributed by atoms with E-state index in [4.69, 9.17) is 18.5 Å². The average molecular weight is 945 g/mol. The van der Waals surface area contributed by atoms with Crippen LogP contribution < -0.4 is 0 Å². The molecular weight excluding hydrogens is 846 g/mol. The van der Waals surface area contributed by atoms with Gasteiger partial charge in [0.1, 0.15) is 19.8 Å². The zero-order valence-electron chi connectivity index (χ0n) is 42.9. The summed E-state index contributed by atoms with van der Waals surface area (Å²) in [6.07, 6.45) is 62.0. The van der Waals surface area contributed by atoms with Crippen LogP contribution in [0.3, 0.4) is 0 Å². The van der Waals surface area contributed by atoms with Gasteiger partial charge in [-0.3, -0.25) is 18.6 Å². The summed E-state index contributed by atoms with van der Waals surface area (Å²) in [6.45, 7) is 4.27.